The maximum absolute atomic E-state index is 12.7. The second-order valence-corrected chi connectivity index (χ2v) is 4.29. The molecule has 0 aromatic heterocycles. The van der Waals surface area contributed by atoms with Crippen LogP contribution < -0.4 is 10.1 Å². The van der Waals surface area contributed by atoms with Gasteiger partial charge in [-0.05, 0) is 55.3 Å². The van der Waals surface area contributed by atoms with Gasteiger partial charge in [0.25, 0.3) is 0 Å². The molecule has 1 N–H and O–H groups in total. The molecular formula is C15H14FNO2. The van der Waals surface area contributed by atoms with E-state index >= 15 is 0 Å². The van der Waals surface area contributed by atoms with Crippen molar-refractivity contribution < 1.29 is 13.9 Å². The molecule has 2 rings (SSSR count). The predicted octanol–water partition coefficient (Wildman–Crippen LogP) is 4.05. The average molecular weight is 259 g/mol. The molecular weight excluding hydrogens is 245 g/mol. The zero-order valence-corrected chi connectivity index (χ0v) is 10.7. The normalized spacial score (nSPS) is 10.1. The van der Waals surface area contributed by atoms with Gasteiger partial charge in [0.1, 0.15) is 11.6 Å². The number of rotatable bonds is 2. The molecule has 2 aromatic rings. The van der Waals surface area contributed by atoms with Gasteiger partial charge >= 0.3 is 6.09 Å². The van der Waals surface area contributed by atoms with E-state index in [4.69, 9.17) is 4.74 Å². The Kier molecular flexibility index (Phi) is 3.80. The third-order valence-electron chi connectivity index (χ3n) is 2.64. The maximum atomic E-state index is 12.7. The smallest absolute Gasteiger partial charge is 0.410 e. The molecule has 0 unspecified atom stereocenters. The minimum Gasteiger partial charge on any atom is -0.410 e. The van der Waals surface area contributed by atoms with Gasteiger partial charge in [-0.25, -0.2) is 9.18 Å². The van der Waals surface area contributed by atoms with Crippen LogP contribution in [-0.2, 0) is 0 Å². The molecule has 1 amide bonds. The summed E-state index contributed by atoms with van der Waals surface area (Å²) in [6.07, 6.45) is -0.597. The van der Waals surface area contributed by atoms with E-state index in [0.717, 1.165) is 11.1 Å². The number of nitrogens with one attached hydrogen (secondary N) is 1. The molecule has 4 heteroatoms. The van der Waals surface area contributed by atoms with Crippen LogP contribution in [0, 0.1) is 19.7 Å². The van der Waals surface area contributed by atoms with E-state index in [2.05, 4.69) is 5.32 Å². The fourth-order valence-electron chi connectivity index (χ4n) is 1.59. The first-order valence-electron chi connectivity index (χ1n) is 5.86. The van der Waals surface area contributed by atoms with Gasteiger partial charge in [0.15, 0.2) is 0 Å². The molecule has 0 fully saturated rings. The summed E-state index contributed by atoms with van der Waals surface area (Å²) < 4.78 is 17.9. The van der Waals surface area contributed by atoms with E-state index in [-0.39, 0.29) is 5.82 Å². The lowest BCUT2D eigenvalue weighted by atomic mass is 10.1. The molecule has 0 saturated carbocycles. The lowest BCUT2D eigenvalue weighted by Crippen LogP contribution is -2.17. The van der Waals surface area contributed by atoms with Crippen molar-refractivity contribution in [1.82, 2.24) is 0 Å². The number of carbonyl (C=O) groups excluding carboxylic acids is 1. The fourth-order valence-corrected chi connectivity index (χ4v) is 1.59. The summed E-state index contributed by atoms with van der Waals surface area (Å²) in [5, 5.41) is 2.54. The largest absolute Gasteiger partial charge is 0.417 e. The molecule has 0 atom stereocenters. The van der Waals surface area contributed by atoms with Crippen LogP contribution in [0.3, 0.4) is 0 Å². The van der Waals surface area contributed by atoms with Gasteiger partial charge in [0.05, 0.1) is 0 Å². The van der Waals surface area contributed by atoms with Gasteiger partial charge in [0, 0.05) is 5.69 Å². The summed E-state index contributed by atoms with van der Waals surface area (Å²) in [6, 6.07) is 11.1. The van der Waals surface area contributed by atoms with Crippen molar-refractivity contribution in [1.29, 1.82) is 0 Å². The third-order valence-corrected chi connectivity index (χ3v) is 2.64. The van der Waals surface area contributed by atoms with Crippen molar-refractivity contribution in [3.05, 3.63) is 59.4 Å². The van der Waals surface area contributed by atoms with E-state index in [1.54, 1.807) is 6.07 Å². The van der Waals surface area contributed by atoms with Crippen molar-refractivity contribution in [2.75, 3.05) is 5.32 Å². The molecule has 0 aliphatic rings. The average Bonchev–Trinajstić information content (AvgIpc) is 2.37. The van der Waals surface area contributed by atoms with Crippen LogP contribution in [0.15, 0.2) is 42.5 Å². The maximum Gasteiger partial charge on any atom is 0.417 e. The summed E-state index contributed by atoms with van der Waals surface area (Å²) in [4.78, 5) is 11.7. The molecule has 0 aliphatic carbocycles. The molecule has 0 bridgehead atoms. The van der Waals surface area contributed by atoms with Crippen LogP contribution in [0.25, 0.3) is 0 Å². The number of aryl methyl sites for hydroxylation is 2. The zero-order valence-electron chi connectivity index (χ0n) is 10.7. The molecule has 98 valence electrons. The van der Waals surface area contributed by atoms with Crippen LogP contribution in [0.1, 0.15) is 11.1 Å². The number of benzene rings is 2. The number of anilines is 1. The van der Waals surface area contributed by atoms with Crippen LogP contribution >= 0.6 is 0 Å². The summed E-state index contributed by atoms with van der Waals surface area (Å²) in [6.45, 7) is 3.78. The highest BCUT2D eigenvalue weighted by atomic mass is 19.1. The first kappa shape index (κ1) is 13.1. The van der Waals surface area contributed by atoms with E-state index in [1.165, 1.54) is 24.3 Å². The Hall–Kier alpha value is -2.36. The van der Waals surface area contributed by atoms with Crippen LogP contribution in [0.5, 0.6) is 5.75 Å². The van der Waals surface area contributed by atoms with Gasteiger partial charge in [0.2, 0.25) is 0 Å². The number of ether oxygens (including phenoxy) is 1. The highest BCUT2D eigenvalue weighted by molar-refractivity contribution is 5.86. The monoisotopic (exact) mass is 259 g/mol. The van der Waals surface area contributed by atoms with Crippen LogP contribution in [-0.4, -0.2) is 6.09 Å². The van der Waals surface area contributed by atoms with Crippen molar-refractivity contribution in [2.24, 2.45) is 0 Å². The topological polar surface area (TPSA) is 38.3 Å². The summed E-state index contributed by atoms with van der Waals surface area (Å²) in [5.74, 6) is 0.160. The lowest BCUT2D eigenvalue weighted by molar-refractivity contribution is 0.215. The zero-order chi connectivity index (χ0) is 13.8. The Labute approximate surface area is 111 Å². The minimum absolute atomic E-state index is 0.353. The lowest BCUT2D eigenvalue weighted by Gasteiger charge is -2.09. The van der Waals surface area contributed by atoms with Gasteiger partial charge in [-0.15, -0.1) is 0 Å². The van der Waals surface area contributed by atoms with Crippen molar-refractivity contribution in [3.8, 4) is 5.75 Å². The summed E-state index contributed by atoms with van der Waals surface area (Å²) >= 11 is 0. The Bertz CT molecular complexity index is 594. The van der Waals surface area contributed by atoms with Crippen LogP contribution in [0.4, 0.5) is 14.9 Å². The van der Waals surface area contributed by atoms with Gasteiger partial charge in [-0.2, -0.15) is 0 Å². The Balaban J connectivity index is 2.05. The number of hydrogen-bond donors (Lipinski definition) is 1. The van der Waals surface area contributed by atoms with Crippen molar-refractivity contribution in [3.63, 3.8) is 0 Å². The number of halogens is 1. The molecule has 0 radical (unpaired) electrons. The summed E-state index contributed by atoms with van der Waals surface area (Å²) in [7, 11) is 0. The Morgan fingerprint density at radius 3 is 2.47 bits per heavy atom. The second kappa shape index (κ2) is 5.52. The molecule has 19 heavy (non-hydrogen) atoms. The van der Waals surface area contributed by atoms with Crippen molar-refractivity contribution >= 4 is 11.8 Å². The Morgan fingerprint density at radius 2 is 1.79 bits per heavy atom. The molecule has 0 heterocycles. The SMILES string of the molecule is Cc1ccc(C)c(OC(=O)Nc2ccc(F)cc2)c1. The minimum atomic E-state index is -0.597. The number of amides is 1. The molecule has 0 aliphatic heterocycles. The first-order valence-corrected chi connectivity index (χ1v) is 5.86. The molecule has 2 aromatic carbocycles. The van der Waals surface area contributed by atoms with Gasteiger partial charge < -0.3 is 4.74 Å². The quantitative estimate of drug-likeness (QED) is 0.883. The first-order chi connectivity index (χ1) is 9.04. The number of hydrogen-bond acceptors (Lipinski definition) is 2. The predicted molar refractivity (Wildman–Crippen MR) is 72.0 cm³/mol. The molecule has 0 spiro atoms. The second-order valence-electron chi connectivity index (χ2n) is 4.29. The standard InChI is InChI=1S/C15H14FNO2/c1-10-3-4-11(2)14(9-10)19-15(18)17-13-7-5-12(16)6-8-13/h3-9H,1-2H3,(H,17,18). The van der Waals surface area contributed by atoms with E-state index in [1.807, 2.05) is 26.0 Å². The van der Waals surface area contributed by atoms with Crippen molar-refractivity contribution in [2.45, 2.75) is 13.8 Å². The Morgan fingerprint density at radius 1 is 1.11 bits per heavy atom. The van der Waals surface area contributed by atoms with E-state index < -0.39 is 6.09 Å². The van der Waals surface area contributed by atoms with Gasteiger partial charge in [-0.1, -0.05) is 12.1 Å². The third kappa shape index (κ3) is 3.55. The number of carbonyl (C=O) groups is 1. The summed E-state index contributed by atoms with van der Waals surface area (Å²) in [5.41, 5.74) is 2.37. The van der Waals surface area contributed by atoms with E-state index in [0.29, 0.717) is 11.4 Å². The van der Waals surface area contributed by atoms with E-state index in [9.17, 15) is 9.18 Å². The highest BCUT2D eigenvalue weighted by Gasteiger charge is 2.07. The molecule has 3 nitrogen and oxygen atoms in total. The molecule has 0 saturated heterocycles. The van der Waals surface area contributed by atoms with Crippen LogP contribution in [0.2, 0.25) is 0 Å². The highest BCUT2D eigenvalue weighted by Crippen LogP contribution is 2.19. The van der Waals surface area contributed by atoms with Gasteiger partial charge in [-0.3, -0.25) is 5.32 Å². The fraction of sp³-hybridized carbons (Fsp3) is 0.133.